The van der Waals surface area contributed by atoms with Crippen LogP contribution in [-0.4, -0.2) is 11.2 Å². The molecule has 0 aliphatic heterocycles. The molecule has 0 atom stereocenters. The number of benzene rings is 3. The van der Waals surface area contributed by atoms with E-state index in [1.54, 1.807) is 6.07 Å². The number of nitrogens with zero attached hydrogens (tertiary/aromatic N) is 2. The van der Waals surface area contributed by atoms with Gasteiger partial charge in [-0.1, -0.05) is 30.3 Å². The zero-order valence-corrected chi connectivity index (χ0v) is 16.9. The van der Waals surface area contributed by atoms with E-state index in [9.17, 15) is 13.2 Å². The fourth-order valence-corrected chi connectivity index (χ4v) is 3.42. The van der Waals surface area contributed by atoms with Gasteiger partial charge in [0.05, 0.1) is 11.9 Å². The Labute approximate surface area is 180 Å². The van der Waals surface area contributed by atoms with Crippen LogP contribution in [0.5, 0.6) is 5.75 Å². The molecule has 0 spiro atoms. The molecule has 0 saturated heterocycles. The Balaban J connectivity index is 1.36. The van der Waals surface area contributed by atoms with Crippen molar-refractivity contribution in [2.75, 3.05) is 5.43 Å². The lowest BCUT2D eigenvalue weighted by molar-refractivity contribution is 0.284. The molecule has 8 heteroatoms. The second kappa shape index (κ2) is 9.44. The Bertz CT molecular complexity index is 1210. The van der Waals surface area contributed by atoms with Gasteiger partial charge in [-0.2, -0.15) is 5.10 Å². The number of thiazole rings is 1. The summed E-state index contributed by atoms with van der Waals surface area (Å²) in [6, 6.07) is 17.0. The van der Waals surface area contributed by atoms with Crippen LogP contribution in [0.4, 0.5) is 18.3 Å². The number of rotatable bonds is 7. The molecule has 0 aliphatic carbocycles. The maximum Gasteiger partial charge on any atom is 0.203 e. The number of halogens is 3. The van der Waals surface area contributed by atoms with Crippen LogP contribution in [0.2, 0.25) is 0 Å². The molecular formula is C23H16F3N3OS. The Kier molecular flexibility index (Phi) is 6.28. The molecule has 4 nitrogen and oxygen atoms in total. The van der Waals surface area contributed by atoms with Gasteiger partial charge >= 0.3 is 0 Å². The molecule has 1 heterocycles. The number of ether oxygens (including phenoxy) is 1. The van der Waals surface area contributed by atoms with Gasteiger partial charge in [0.25, 0.3) is 0 Å². The van der Waals surface area contributed by atoms with E-state index in [0.29, 0.717) is 10.7 Å². The van der Waals surface area contributed by atoms with Crippen LogP contribution < -0.4 is 10.2 Å². The minimum absolute atomic E-state index is 0.00700. The monoisotopic (exact) mass is 439 g/mol. The number of nitrogens with one attached hydrogen (secondary N) is 1. The summed E-state index contributed by atoms with van der Waals surface area (Å²) in [5.41, 5.74) is 5.17. The first-order valence-corrected chi connectivity index (χ1v) is 10.1. The molecule has 0 amide bonds. The summed E-state index contributed by atoms with van der Waals surface area (Å²) < 4.78 is 46.4. The highest BCUT2D eigenvalue weighted by molar-refractivity contribution is 7.14. The molecule has 0 aliphatic rings. The van der Waals surface area contributed by atoms with Crippen LogP contribution >= 0.6 is 11.3 Å². The van der Waals surface area contributed by atoms with Crippen LogP contribution in [0.3, 0.4) is 0 Å². The van der Waals surface area contributed by atoms with Gasteiger partial charge in [0, 0.05) is 16.5 Å². The fourth-order valence-electron chi connectivity index (χ4n) is 2.75. The molecule has 0 radical (unpaired) electrons. The van der Waals surface area contributed by atoms with E-state index >= 15 is 0 Å². The summed E-state index contributed by atoms with van der Waals surface area (Å²) in [6.07, 6.45) is 1.45. The fraction of sp³-hybridized carbons (Fsp3) is 0.0435. The first kappa shape index (κ1) is 20.6. The summed E-state index contributed by atoms with van der Waals surface area (Å²) in [6.45, 7) is -0.288. The quantitative estimate of drug-likeness (QED) is 0.273. The van der Waals surface area contributed by atoms with E-state index in [2.05, 4.69) is 15.5 Å². The van der Waals surface area contributed by atoms with Crippen molar-refractivity contribution in [3.05, 3.63) is 101 Å². The van der Waals surface area contributed by atoms with E-state index in [-0.39, 0.29) is 17.9 Å². The Morgan fingerprint density at radius 1 is 0.968 bits per heavy atom. The summed E-state index contributed by atoms with van der Waals surface area (Å²) in [4.78, 5) is 4.45. The van der Waals surface area contributed by atoms with E-state index in [0.717, 1.165) is 29.5 Å². The van der Waals surface area contributed by atoms with Crippen molar-refractivity contribution in [1.29, 1.82) is 0 Å². The number of anilines is 1. The maximum absolute atomic E-state index is 14.3. The molecular weight excluding hydrogens is 423 g/mol. The highest BCUT2D eigenvalue weighted by atomic mass is 32.1. The van der Waals surface area contributed by atoms with E-state index in [1.165, 1.54) is 29.7 Å². The summed E-state index contributed by atoms with van der Waals surface area (Å²) in [5.74, 6) is -1.91. The summed E-state index contributed by atoms with van der Waals surface area (Å²) in [5, 5.41) is 6.60. The first-order chi connectivity index (χ1) is 15.1. The molecule has 1 aromatic heterocycles. The Hall–Kier alpha value is -3.65. The van der Waals surface area contributed by atoms with Gasteiger partial charge in [0.2, 0.25) is 5.13 Å². The zero-order chi connectivity index (χ0) is 21.6. The van der Waals surface area contributed by atoms with Gasteiger partial charge in [-0.05, 0) is 42.0 Å². The van der Waals surface area contributed by atoms with Crippen LogP contribution in [0.25, 0.3) is 11.3 Å². The second-order valence-corrected chi connectivity index (χ2v) is 7.35. The standard InChI is InChI=1S/C23H16F3N3OS/c24-18-7-8-19(25)17(11-18)13-30-22-9-6-15(10-20(22)26)12-27-29-23-28-21(14-31-23)16-4-2-1-3-5-16/h1-12,14H,13H2,(H,28,29). The number of hydrogen-bond acceptors (Lipinski definition) is 5. The third kappa shape index (κ3) is 5.29. The predicted molar refractivity (Wildman–Crippen MR) is 116 cm³/mol. The van der Waals surface area contributed by atoms with Gasteiger partial charge in [0.1, 0.15) is 18.2 Å². The molecule has 0 fully saturated rings. The molecule has 31 heavy (non-hydrogen) atoms. The molecule has 4 aromatic rings. The lowest BCUT2D eigenvalue weighted by atomic mass is 10.2. The van der Waals surface area contributed by atoms with E-state index in [1.807, 2.05) is 35.7 Å². The Morgan fingerprint density at radius 2 is 1.81 bits per heavy atom. The average molecular weight is 439 g/mol. The van der Waals surface area contributed by atoms with Crippen molar-refractivity contribution in [1.82, 2.24) is 4.98 Å². The zero-order valence-electron chi connectivity index (χ0n) is 16.1. The highest BCUT2D eigenvalue weighted by Gasteiger charge is 2.08. The van der Waals surface area contributed by atoms with Gasteiger partial charge in [0.15, 0.2) is 11.6 Å². The van der Waals surface area contributed by atoms with Gasteiger partial charge in [-0.25, -0.2) is 18.2 Å². The third-order valence-corrected chi connectivity index (χ3v) is 5.04. The number of hydrazone groups is 1. The molecule has 0 bridgehead atoms. The van der Waals surface area contributed by atoms with Crippen molar-refractivity contribution in [3.8, 4) is 17.0 Å². The normalized spacial score (nSPS) is 11.1. The largest absolute Gasteiger partial charge is 0.486 e. The molecule has 0 unspecified atom stereocenters. The van der Waals surface area contributed by atoms with Gasteiger partial charge < -0.3 is 4.74 Å². The first-order valence-electron chi connectivity index (χ1n) is 9.25. The second-order valence-electron chi connectivity index (χ2n) is 6.49. The van der Waals surface area contributed by atoms with Crippen molar-refractivity contribution in [2.45, 2.75) is 6.61 Å². The average Bonchev–Trinajstić information content (AvgIpc) is 3.25. The number of hydrogen-bond donors (Lipinski definition) is 1. The highest BCUT2D eigenvalue weighted by Crippen LogP contribution is 2.24. The topological polar surface area (TPSA) is 46.5 Å². The van der Waals surface area contributed by atoms with Crippen LogP contribution in [0, 0.1) is 17.5 Å². The van der Waals surface area contributed by atoms with Crippen molar-refractivity contribution < 1.29 is 17.9 Å². The van der Waals surface area contributed by atoms with E-state index in [4.69, 9.17) is 4.74 Å². The SMILES string of the molecule is Fc1ccc(F)c(COc2ccc(C=NNc3nc(-c4ccccc4)cs3)cc2F)c1. The van der Waals surface area contributed by atoms with Gasteiger partial charge in [-0.15, -0.1) is 11.3 Å². The molecule has 4 rings (SSSR count). The van der Waals surface area contributed by atoms with E-state index < -0.39 is 17.5 Å². The molecule has 156 valence electrons. The van der Waals surface area contributed by atoms with Crippen LogP contribution in [0.1, 0.15) is 11.1 Å². The predicted octanol–water partition coefficient (Wildman–Crippen LogP) is 6.25. The smallest absolute Gasteiger partial charge is 0.203 e. The molecule has 3 aromatic carbocycles. The van der Waals surface area contributed by atoms with Crippen LogP contribution in [0.15, 0.2) is 77.2 Å². The maximum atomic E-state index is 14.3. The van der Waals surface area contributed by atoms with Crippen molar-refractivity contribution in [2.24, 2.45) is 5.10 Å². The molecule has 1 N–H and O–H groups in total. The Morgan fingerprint density at radius 3 is 2.61 bits per heavy atom. The van der Waals surface area contributed by atoms with Crippen LogP contribution in [-0.2, 0) is 6.61 Å². The minimum Gasteiger partial charge on any atom is -0.486 e. The minimum atomic E-state index is -0.638. The lowest BCUT2D eigenvalue weighted by Gasteiger charge is -2.08. The summed E-state index contributed by atoms with van der Waals surface area (Å²) >= 11 is 1.40. The van der Waals surface area contributed by atoms with Crippen molar-refractivity contribution >= 4 is 22.7 Å². The molecule has 0 saturated carbocycles. The third-order valence-electron chi connectivity index (χ3n) is 4.29. The summed E-state index contributed by atoms with van der Waals surface area (Å²) in [7, 11) is 0. The van der Waals surface area contributed by atoms with Gasteiger partial charge in [-0.3, -0.25) is 5.43 Å². The lowest BCUT2D eigenvalue weighted by Crippen LogP contribution is -2.01. The number of aromatic nitrogens is 1. The van der Waals surface area contributed by atoms with Crippen molar-refractivity contribution in [3.63, 3.8) is 0 Å².